The van der Waals surface area contributed by atoms with Crippen LogP contribution in [0.15, 0.2) is 12.1 Å². The lowest BCUT2D eigenvalue weighted by Crippen LogP contribution is -2.16. The van der Waals surface area contributed by atoms with E-state index in [1.165, 1.54) is 13.2 Å². The Kier molecular flexibility index (Phi) is 3.03. The van der Waals surface area contributed by atoms with Crippen molar-refractivity contribution in [2.75, 3.05) is 13.7 Å². The second-order valence-corrected chi connectivity index (χ2v) is 2.60. The summed E-state index contributed by atoms with van der Waals surface area (Å²) >= 11 is 0. The molecule has 1 rings (SSSR count). The molecular formula is C9H10FNO3. The molecule has 5 heteroatoms. The lowest BCUT2D eigenvalue weighted by atomic mass is 10.1. The molecule has 0 atom stereocenters. The number of phenolic OH excluding ortho intramolecular Hbond substituents is 1. The summed E-state index contributed by atoms with van der Waals surface area (Å²) < 4.78 is 18.1. The van der Waals surface area contributed by atoms with Crippen LogP contribution in [0.4, 0.5) is 4.39 Å². The minimum absolute atomic E-state index is 0.0655. The summed E-state index contributed by atoms with van der Waals surface area (Å²) in [5, 5.41) is 9.04. The number of ketones is 1. The van der Waals surface area contributed by atoms with Crippen LogP contribution in [-0.2, 0) is 0 Å². The molecule has 0 heterocycles. The maximum Gasteiger partial charge on any atom is 0.183 e. The molecule has 0 aliphatic carbocycles. The number of carbonyl (C=O) groups is 1. The molecule has 76 valence electrons. The average molecular weight is 199 g/mol. The average Bonchev–Trinajstić information content (AvgIpc) is 2.20. The SMILES string of the molecule is COc1ccc(O)c(F)c1C(=O)CN. The molecule has 0 fully saturated rings. The minimum Gasteiger partial charge on any atom is -0.505 e. The third-order valence-electron chi connectivity index (χ3n) is 1.77. The number of hydrogen-bond acceptors (Lipinski definition) is 4. The molecule has 0 aliphatic heterocycles. The summed E-state index contributed by atoms with van der Waals surface area (Å²) in [6.07, 6.45) is 0. The Balaban J connectivity index is 3.35. The van der Waals surface area contributed by atoms with E-state index < -0.39 is 17.3 Å². The van der Waals surface area contributed by atoms with Crippen LogP contribution in [0, 0.1) is 5.82 Å². The van der Waals surface area contributed by atoms with Crippen molar-refractivity contribution in [2.24, 2.45) is 5.73 Å². The minimum atomic E-state index is -1.00. The molecule has 0 amide bonds. The molecule has 0 radical (unpaired) electrons. The first-order valence-electron chi connectivity index (χ1n) is 3.90. The van der Waals surface area contributed by atoms with Crippen molar-refractivity contribution in [1.29, 1.82) is 0 Å². The van der Waals surface area contributed by atoms with Crippen LogP contribution in [0.5, 0.6) is 11.5 Å². The molecule has 1 aromatic carbocycles. The van der Waals surface area contributed by atoms with E-state index in [1.54, 1.807) is 0 Å². The first-order valence-corrected chi connectivity index (χ1v) is 3.90. The van der Waals surface area contributed by atoms with E-state index in [1.807, 2.05) is 0 Å². The van der Waals surface area contributed by atoms with E-state index in [0.717, 1.165) is 6.07 Å². The summed E-state index contributed by atoms with van der Waals surface area (Å²) in [5.74, 6) is -2.14. The third kappa shape index (κ3) is 1.67. The topological polar surface area (TPSA) is 72.5 Å². The lowest BCUT2D eigenvalue weighted by Gasteiger charge is -2.08. The highest BCUT2D eigenvalue weighted by molar-refractivity contribution is 6.00. The molecule has 1 aromatic rings. The Morgan fingerprint density at radius 3 is 2.79 bits per heavy atom. The van der Waals surface area contributed by atoms with Gasteiger partial charge in [0.05, 0.1) is 13.7 Å². The number of hydrogen-bond donors (Lipinski definition) is 2. The Bertz CT molecular complexity index is 365. The van der Waals surface area contributed by atoms with E-state index in [4.69, 9.17) is 15.6 Å². The van der Waals surface area contributed by atoms with Gasteiger partial charge in [-0.15, -0.1) is 0 Å². The summed E-state index contributed by atoms with van der Waals surface area (Å²) in [4.78, 5) is 11.2. The molecule has 0 aromatic heterocycles. The summed E-state index contributed by atoms with van der Waals surface area (Å²) in [6.45, 7) is -0.337. The van der Waals surface area contributed by atoms with Crippen molar-refractivity contribution in [2.45, 2.75) is 0 Å². The number of carbonyl (C=O) groups excluding carboxylic acids is 1. The van der Waals surface area contributed by atoms with Gasteiger partial charge in [-0.3, -0.25) is 4.79 Å². The van der Waals surface area contributed by atoms with Crippen molar-refractivity contribution >= 4 is 5.78 Å². The zero-order chi connectivity index (χ0) is 10.7. The van der Waals surface area contributed by atoms with Crippen molar-refractivity contribution in [3.63, 3.8) is 0 Å². The Morgan fingerprint density at radius 1 is 1.64 bits per heavy atom. The number of rotatable bonds is 3. The molecule has 14 heavy (non-hydrogen) atoms. The standard InChI is InChI=1S/C9H10FNO3/c1-14-7-3-2-5(12)9(10)8(7)6(13)4-11/h2-3,12H,4,11H2,1H3. The lowest BCUT2D eigenvalue weighted by molar-refractivity contribution is 0.0993. The zero-order valence-corrected chi connectivity index (χ0v) is 7.58. The highest BCUT2D eigenvalue weighted by Crippen LogP contribution is 2.28. The second kappa shape index (κ2) is 4.06. The fourth-order valence-corrected chi connectivity index (χ4v) is 1.08. The van der Waals surface area contributed by atoms with Crippen LogP contribution < -0.4 is 10.5 Å². The van der Waals surface area contributed by atoms with E-state index in [2.05, 4.69) is 0 Å². The number of ether oxygens (including phenoxy) is 1. The van der Waals surface area contributed by atoms with E-state index in [-0.39, 0.29) is 17.9 Å². The normalized spacial score (nSPS) is 9.93. The third-order valence-corrected chi connectivity index (χ3v) is 1.77. The maximum atomic E-state index is 13.3. The molecule has 0 saturated heterocycles. The monoisotopic (exact) mass is 199 g/mol. The zero-order valence-electron chi connectivity index (χ0n) is 7.58. The van der Waals surface area contributed by atoms with Crippen LogP contribution in [-0.4, -0.2) is 24.5 Å². The van der Waals surface area contributed by atoms with Crippen LogP contribution in [0.2, 0.25) is 0 Å². The van der Waals surface area contributed by atoms with Gasteiger partial charge in [0.2, 0.25) is 0 Å². The van der Waals surface area contributed by atoms with Gasteiger partial charge in [0.1, 0.15) is 11.3 Å². The van der Waals surface area contributed by atoms with Crippen LogP contribution in [0.25, 0.3) is 0 Å². The van der Waals surface area contributed by atoms with E-state index in [9.17, 15) is 9.18 Å². The number of nitrogens with two attached hydrogens (primary N) is 1. The van der Waals surface area contributed by atoms with Gasteiger partial charge in [-0.05, 0) is 12.1 Å². The smallest absolute Gasteiger partial charge is 0.183 e. The second-order valence-electron chi connectivity index (χ2n) is 2.60. The van der Waals surface area contributed by atoms with Crippen molar-refractivity contribution in [3.8, 4) is 11.5 Å². The molecular weight excluding hydrogens is 189 g/mol. The molecule has 3 N–H and O–H groups in total. The van der Waals surface area contributed by atoms with Gasteiger partial charge in [0.15, 0.2) is 17.3 Å². The Hall–Kier alpha value is -1.62. The number of halogens is 1. The van der Waals surface area contributed by atoms with Gasteiger partial charge in [-0.25, -0.2) is 4.39 Å². The first-order chi connectivity index (χ1) is 6.61. The highest BCUT2D eigenvalue weighted by Gasteiger charge is 2.19. The summed E-state index contributed by atoms with van der Waals surface area (Å²) in [5.41, 5.74) is 4.78. The maximum absolute atomic E-state index is 13.3. The fourth-order valence-electron chi connectivity index (χ4n) is 1.08. The summed E-state index contributed by atoms with van der Waals surface area (Å²) in [7, 11) is 1.30. The molecule has 0 bridgehead atoms. The molecule has 0 aliphatic rings. The van der Waals surface area contributed by atoms with E-state index in [0.29, 0.717) is 0 Å². The number of benzene rings is 1. The van der Waals surface area contributed by atoms with Crippen molar-refractivity contribution < 1.29 is 19.0 Å². The first kappa shape index (κ1) is 10.5. The highest BCUT2D eigenvalue weighted by atomic mass is 19.1. The van der Waals surface area contributed by atoms with Crippen LogP contribution >= 0.6 is 0 Å². The van der Waals surface area contributed by atoms with Gasteiger partial charge in [-0.1, -0.05) is 0 Å². The number of aromatic hydroxyl groups is 1. The molecule has 4 nitrogen and oxygen atoms in total. The van der Waals surface area contributed by atoms with Gasteiger partial charge in [0, 0.05) is 0 Å². The van der Waals surface area contributed by atoms with E-state index >= 15 is 0 Å². The largest absolute Gasteiger partial charge is 0.505 e. The Labute approximate surface area is 80.1 Å². The molecule has 0 saturated carbocycles. The predicted octanol–water partition coefficient (Wildman–Crippen LogP) is 0.681. The van der Waals surface area contributed by atoms with Crippen LogP contribution in [0.3, 0.4) is 0 Å². The number of phenols is 1. The van der Waals surface area contributed by atoms with Crippen LogP contribution in [0.1, 0.15) is 10.4 Å². The van der Waals surface area contributed by atoms with Gasteiger partial charge in [0.25, 0.3) is 0 Å². The fraction of sp³-hybridized carbons (Fsp3) is 0.222. The Morgan fingerprint density at radius 2 is 2.29 bits per heavy atom. The number of Topliss-reactive ketones (excluding diaryl/α,β-unsaturated/α-hetero) is 1. The van der Waals surface area contributed by atoms with Gasteiger partial charge < -0.3 is 15.6 Å². The van der Waals surface area contributed by atoms with Crippen molar-refractivity contribution in [1.82, 2.24) is 0 Å². The molecule has 0 unspecified atom stereocenters. The predicted molar refractivity (Wildman–Crippen MR) is 48.0 cm³/mol. The van der Waals surface area contributed by atoms with Crippen molar-refractivity contribution in [3.05, 3.63) is 23.5 Å². The quantitative estimate of drug-likeness (QED) is 0.702. The van der Waals surface area contributed by atoms with Gasteiger partial charge >= 0.3 is 0 Å². The summed E-state index contributed by atoms with van der Waals surface area (Å²) in [6, 6.07) is 2.42. The molecule has 0 spiro atoms. The van der Waals surface area contributed by atoms with Gasteiger partial charge in [-0.2, -0.15) is 0 Å². The number of methoxy groups -OCH3 is 1.